The molecule has 1 aromatic carbocycles. The summed E-state index contributed by atoms with van der Waals surface area (Å²) in [5.41, 5.74) is 0.907. The van der Waals surface area contributed by atoms with Crippen LogP contribution in [0.3, 0.4) is 0 Å². The average Bonchev–Trinajstić information content (AvgIpc) is 2.34. The fraction of sp³-hybridized carbons (Fsp3) is 0.333. The number of amides is 1. The Balaban J connectivity index is 2.80. The highest BCUT2D eigenvalue weighted by Gasteiger charge is 2.21. The smallest absolute Gasteiger partial charge is 0.297 e. The molecule has 1 N–H and O–H groups in total. The lowest BCUT2D eigenvalue weighted by molar-refractivity contribution is -0.120. The second-order valence-electron chi connectivity index (χ2n) is 3.98. The van der Waals surface area contributed by atoms with Crippen molar-refractivity contribution in [1.82, 2.24) is 5.32 Å². The monoisotopic (exact) mass is 285 g/mol. The Hall–Kier alpha value is -1.73. The molecular weight excluding hydrogens is 270 g/mol. The molecule has 1 aromatic rings. The molecule has 0 saturated carbocycles. The van der Waals surface area contributed by atoms with Gasteiger partial charge in [-0.3, -0.25) is 8.98 Å². The van der Waals surface area contributed by atoms with Gasteiger partial charge in [0.1, 0.15) is 6.10 Å². The van der Waals surface area contributed by atoms with Crippen LogP contribution < -0.4 is 5.32 Å². The number of hydrogen-bond acceptors (Lipinski definition) is 5. The molecule has 0 aromatic heterocycles. The maximum absolute atomic E-state index is 11.9. The first-order valence-electron chi connectivity index (χ1n) is 5.55. The molecule has 1 rings (SSSR count). The zero-order valence-corrected chi connectivity index (χ0v) is 11.4. The van der Waals surface area contributed by atoms with Gasteiger partial charge in [-0.2, -0.15) is 8.42 Å². The topological polar surface area (TPSA) is 89.5 Å². The molecule has 0 spiro atoms. The summed E-state index contributed by atoms with van der Waals surface area (Å²) in [6, 6.07) is 6.04. The third-order valence-corrected chi connectivity index (χ3v) is 3.61. The summed E-state index contributed by atoms with van der Waals surface area (Å²) in [5.74, 6) is -0.372. The van der Waals surface area contributed by atoms with Crippen LogP contribution in [0.25, 0.3) is 0 Å². The molecule has 0 saturated heterocycles. The molecule has 0 aliphatic heterocycles. The van der Waals surface area contributed by atoms with Crippen molar-refractivity contribution >= 4 is 22.3 Å². The normalized spacial score (nSPS) is 12.7. The van der Waals surface area contributed by atoms with E-state index in [2.05, 4.69) is 5.32 Å². The van der Waals surface area contributed by atoms with Crippen molar-refractivity contribution in [1.29, 1.82) is 0 Å². The molecule has 0 bridgehead atoms. The summed E-state index contributed by atoms with van der Waals surface area (Å²) in [6.45, 7) is 2.89. The van der Waals surface area contributed by atoms with Crippen molar-refractivity contribution in [2.75, 3.05) is 6.54 Å². The van der Waals surface area contributed by atoms with Crippen molar-refractivity contribution in [2.45, 2.75) is 24.8 Å². The number of carbonyl (C=O) groups is 2. The first kappa shape index (κ1) is 15.3. The highest BCUT2D eigenvalue weighted by Crippen LogP contribution is 2.14. The first-order valence-corrected chi connectivity index (χ1v) is 6.95. The van der Waals surface area contributed by atoms with Crippen LogP contribution >= 0.6 is 0 Å². The summed E-state index contributed by atoms with van der Waals surface area (Å²) in [6.07, 6.45) is -0.906. The van der Waals surface area contributed by atoms with E-state index < -0.39 is 16.2 Å². The molecule has 1 atom stereocenters. The molecule has 0 fully saturated rings. The maximum Gasteiger partial charge on any atom is 0.297 e. The molecule has 0 aliphatic rings. The lowest BCUT2D eigenvalue weighted by atomic mass is 10.2. The van der Waals surface area contributed by atoms with Crippen molar-refractivity contribution in [2.24, 2.45) is 0 Å². The number of aryl methyl sites for hydroxylation is 1. The van der Waals surface area contributed by atoms with E-state index in [-0.39, 0.29) is 17.3 Å². The number of carbonyl (C=O) groups excluding carboxylic acids is 2. The van der Waals surface area contributed by atoms with E-state index in [0.717, 1.165) is 5.56 Å². The number of nitrogens with one attached hydrogen (secondary N) is 1. The molecule has 7 heteroatoms. The Labute approximate surface area is 111 Å². The Morgan fingerprint density at radius 1 is 1.37 bits per heavy atom. The molecule has 0 aliphatic carbocycles. The van der Waals surface area contributed by atoms with Crippen LogP contribution in [0.4, 0.5) is 0 Å². The third-order valence-electron chi connectivity index (χ3n) is 2.26. The van der Waals surface area contributed by atoms with Crippen LogP contribution in [0.1, 0.15) is 12.5 Å². The zero-order chi connectivity index (χ0) is 14.5. The summed E-state index contributed by atoms with van der Waals surface area (Å²) < 4.78 is 28.5. The van der Waals surface area contributed by atoms with E-state index in [9.17, 15) is 18.0 Å². The van der Waals surface area contributed by atoms with Crippen LogP contribution in [0.15, 0.2) is 29.2 Å². The van der Waals surface area contributed by atoms with Crippen molar-refractivity contribution in [3.63, 3.8) is 0 Å². The van der Waals surface area contributed by atoms with Gasteiger partial charge in [0, 0.05) is 6.92 Å². The third kappa shape index (κ3) is 4.80. The Morgan fingerprint density at radius 2 is 1.95 bits per heavy atom. The van der Waals surface area contributed by atoms with Crippen molar-refractivity contribution in [3.8, 4) is 0 Å². The minimum Gasteiger partial charge on any atom is -0.353 e. The van der Waals surface area contributed by atoms with Crippen LogP contribution in [0.2, 0.25) is 0 Å². The van der Waals surface area contributed by atoms with Crippen LogP contribution in [0.5, 0.6) is 0 Å². The van der Waals surface area contributed by atoms with Gasteiger partial charge < -0.3 is 10.1 Å². The average molecular weight is 285 g/mol. The second kappa shape index (κ2) is 6.44. The van der Waals surface area contributed by atoms with Gasteiger partial charge in [0.2, 0.25) is 5.91 Å². The minimum absolute atomic E-state index is 0.0345. The first-order chi connectivity index (χ1) is 8.85. The van der Waals surface area contributed by atoms with Crippen LogP contribution in [-0.2, 0) is 23.9 Å². The zero-order valence-electron chi connectivity index (χ0n) is 10.6. The Bertz CT molecular complexity index is 550. The van der Waals surface area contributed by atoms with E-state index in [1.807, 2.05) is 6.92 Å². The molecule has 0 radical (unpaired) electrons. The van der Waals surface area contributed by atoms with Gasteiger partial charge in [-0.15, -0.1) is 0 Å². The van der Waals surface area contributed by atoms with E-state index in [1.54, 1.807) is 12.1 Å². The van der Waals surface area contributed by atoms with Gasteiger partial charge in [-0.25, -0.2) is 0 Å². The predicted molar refractivity (Wildman–Crippen MR) is 68.0 cm³/mol. The highest BCUT2D eigenvalue weighted by molar-refractivity contribution is 7.86. The molecule has 104 valence electrons. The fourth-order valence-corrected chi connectivity index (χ4v) is 2.29. The lowest BCUT2D eigenvalue weighted by Gasteiger charge is -2.12. The fourth-order valence-electron chi connectivity index (χ4n) is 1.27. The van der Waals surface area contributed by atoms with Gasteiger partial charge in [0.25, 0.3) is 10.1 Å². The summed E-state index contributed by atoms with van der Waals surface area (Å²) in [5, 5.41) is 2.32. The quantitative estimate of drug-likeness (QED) is 0.604. The van der Waals surface area contributed by atoms with Gasteiger partial charge in [-0.05, 0) is 19.1 Å². The van der Waals surface area contributed by atoms with Crippen LogP contribution in [0, 0.1) is 6.92 Å². The van der Waals surface area contributed by atoms with E-state index in [0.29, 0.717) is 6.29 Å². The number of benzene rings is 1. The van der Waals surface area contributed by atoms with Crippen molar-refractivity contribution in [3.05, 3.63) is 29.8 Å². The molecule has 0 heterocycles. The molecule has 6 nitrogen and oxygen atoms in total. The Morgan fingerprint density at radius 3 is 2.42 bits per heavy atom. The number of rotatable bonds is 6. The number of aldehydes is 1. The summed E-state index contributed by atoms with van der Waals surface area (Å²) in [4.78, 5) is 21.4. The minimum atomic E-state index is -4.02. The molecule has 19 heavy (non-hydrogen) atoms. The highest BCUT2D eigenvalue weighted by atomic mass is 32.2. The lowest BCUT2D eigenvalue weighted by Crippen LogP contribution is -2.34. The van der Waals surface area contributed by atoms with Gasteiger partial charge in [-0.1, -0.05) is 17.7 Å². The summed E-state index contributed by atoms with van der Waals surface area (Å²) >= 11 is 0. The van der Waals surface area contributed by atoms with Crippen LogP contribution in [-0.4, -0.2) is 33.3 Å². The predicted octanol–water partition coefficient (Wildman–Crippen LogP) is 0.404. The van der Waals surface area contributed by atoms with E-state index in [1.165, 1.54) is 19.1 Å². The SMILES string of the molecule is CC(=O)NCC(C=O)OS(=O)(=O)c1ccc(C)cc1. The maximum atomic E-state index is 11.9. The second-order valence-corrected chi connectivity index (χ2v) is 5.55. The van der Waals surface area contributed by atoms with Crippen molar-refractivity contribution < 1.29 is 22.2 Å². The summed E-state index contributed by atoms with van der Waals surface area (Å²) in [7, 11) is -4.02. The van der Waals surface area contributed by atoms with E-state index in [4.69, 9.17) is 4.18 Å². The van der Waals surface area contributed by atoms with Gasteiger partial charge in [0.05, 0.1) is 11.4 Å². The van der Waals surface area contributed by atoms with E-state index >= 15 is 0 Å². The van der Waals surface area contributed by atoms with Gasteiger partial charge in [0.15, 0.2) is 6.29 Å². The largest absolute Gasteiger partial charge is 0.353 e. The van der Waals surface area contributed by atoms with Gasteiger partial charge >= 0.3 is 0 Å². The number of hydrogen-bond donors (Lipinski definition) is 1. The molecular formula is C12H15NO5S. The molecule has 1 unspecified atom stereocenters. The molecule has 1 amide bonds. The standard InChI is InChI=1S/C12H15NO5S/c1-9-3-5-12(6-4-9)19(16,17)18-11(8-14)7-13-10(2)15/h3-6,8,11H,7H2,1-2H3,(H,13,15). The Kier molecular flexibility index (Phi) is 5.20.